The lowest BCUT2D eigenvalue weighted by atomic mass is 9.82. The highest BCUT2D eigenvalue weighted by atomic mass is 79.9. The molecule has 2 rings (SSSR count). The molecule has 0 radical (unpaired) electrons. The van der Waals surface area contributed by atoms with Gasteiger partial charge in [0.15, 0.2) is 0 Å². The van der Waals surface area contributed by atoms with Gasteiger partial charge in [-0.05, 0) is 58.8 Å². The maximum atomic E-state index is 5.91. The number of anilines is 1. The van der Waals surface area contributed by atoms with Gasteiger partial charge in [-0.25, -0.2) is 0 Å². The third kappa shape index (κ3) is 3.07. The van der Waals surface area contributed by atoms with Crippen molar-refractivity contribution in [1.29, 1.82) is 0 Å². The Bertz CT molecular complexity index is 417. The molecule has 1 aliphatic heterocycles. The van der Waals surface area contributed by atoms with Crippen LogP contribution in [0, 0.1) is 5.41 Å². The van der Waals surface area contributed by atoms with Crippen LogP contribution in [0.3, 0.4) is 0 Å². The van der Waals surface area contributed by atoms with E-state index in [1.165, 1.54) is 24.1 Å². The van der Waals surface area contributed by atoms with E-state index in [9.17, 15) is 0 Å². The summed E-state index contributed by atoms with van der Waals surface area (Å²) in [6.07, 6.45) is 2.52. The minimum atomic E-state index is 0.0932. The number of benzene rings is 1. The molecule has 0 bridgehead atoms. The van der Waals surface area contributed by atoms with E-state index in [1.807, 2.05) is 6.92 Å². The van der Waals surface area contributed by atoms with Crippen LogP contribution >= 0.6 is 15.9 Å². The first-order valence-corrected chi connectivity index (χ1v) is 7.48. The molecule has 1 aromatic carbocycles. The van der Waals surface area contributed by atoms with E-state index in [0.29, 0.717) is 5.41 Å². The van der Waals surface area contributed by atoms with E-state index in [4.69, 9.17) is 5.73 Å². The molecule has 1 heterocycles. The van der Waals surface area contributed by atoms with Crippen LogP contribution in [0.25, 0.3) is 0 Å². The largest absolute Gasteiger partial charge is 0.371 e. The summed E-state index contributed by atoms with van der Waals surface area (Å²) in [5.41, 5.74) is 8.89. The Balaban J connectivity index is 2.15. The minimum absolute atomic E-state index is 0.0932. The second-order valence-electron chi connectivity index (χ2n) is 6.15. The fraction of sp³-hybridized carbons (Fsp3) is 0.600. The van der Waals surface area contributed by atoms with Crippen LogP contribution in [-0.2, 0) is 0 Å². The molecule has 1 fully saturated rings. The van der Waals surface area contributed by atoms with Gasteiger partial charge in [0.1, 0.15) is 0 Å². The van der Waals surface area contributed by atoms with E-state index in [1.54, 1.807) is 0 Å². The summed E-state index contributed by atoms with van der Waals surface area (Å²) in [6, 6.07) is 6.58. The van der Waals surface area contributed by atoms with Crippen LogP contribution in [0.4, 0.5) is 5.69 Å². The zero-order valence-electron chi connectivity index (χ0n) is 11.5. The van der Waals surface area contributed by atoms with E-state index < -0.39 is 0 Å². The number of piperidine rings is 1. The zero-order valence-corrected chi connectivity index (χ0v) is 13.1. The Morgan fingerprint density at radius 3 is 2.39 bits per heavy atom. The number of hydrogen-bond acceptors (Lipinski definition) is 2. The monoisotopic (exact) mass is 310 g/mol. The van der Waals surface area contributed by atoms with Crippen molar-refractivity contribution in [2.45, 2.75) is 39.7 Å². The molecule has 1 aromatic rings. The van der Waals surface area contributed by atoms with Crippen molar-refractivity contribution >= 4 is 21.6 Å². The zero-order chi connectivity index (χ0) is 13.3. The minimum Gasteiger partial charge on any atom is -0.371 e. The maximum absolute atomic E-state index is 5.91. The molecule has 0 unspecified atom stereocenters. The van der Waals surface area contributed by atoms with Crippen LogP contribution < -0.4 is 10.6 Å². The average Bonchev–Trinajstić information content (AvgIpc) is 2.29. The molecular formula is C15H23BrN2. The van der Waals surface area contributed by atoms with Crippen LogP contribution in [0.15, 0.2) is 22.7 Å². The SMILES string of the molecule is C[C@H](N)c1ccc(N2CCC(C)(C)CC2)c(Br)c1. The van der Waals surface area contributed by atoms with Gasteiger partial charge in [-0.1, -0.05) is 19.9 Å². The third-order valence-electron chi connectivity index (χ3n) is 3.96. The summed E-state index contributed by atoms with van der Waals surface area (Å²) in [6.45, 7) is 9.02. The van der Waals surface area contributed by atoms with Crippen LogP contribution in [-0.4, -0.2) is 13.1 Å². The highest BCUT2D eigenvalue weighted by molar-refractivity contribution is 9.10. The number of hydrogen-bond donors (Lipinski definition) is 1. The Hall–Kier alpha value is -0.540. The molecule has 2 nitrogen and oxygen atoms in total. The quantitative estimate of drug-likeness (QED) is 0.891. The summed E-state index contributed by atoms with van der Waals surface area (Å²) >= 11 is 3.68. The topological polar surface area (TPSA) is 29.3 Å². The van der Waals surface area contributed by atoms with Gasteiger partial charge in [0.25, 0.3) is 0 Å². The first-order chi connectivity index (χ1) is 8.39. The molecule has 0 aromatic heterocycles. The molecule has 0 spiro atoms. The van der Waals surface area contributed by atoms with Gasteiger partial charge in [0.2, 0.25) is 0 Å². The van der Waals surface area contributed by atoms with Crippen molar-refractivity contribution < 1.29 is 0 Å². The van der Waals surface area contributed by atoms with Gasteiger partial charge in [0.05, 0.1) is 5.69 Å². The number of nitrogens with zero attached hydrogens (tertiary/aromatic N) is 1. The van der Waals surface area contributed by atoms with Crippen molar-refractivity contribution in [3.63, 3.8) is 0 Å². The lowest BCUT2D eigenvalue weighted by molar-refractivity contribution is 0.279. The fourth-order valence-corrected chi connectivity index (χ4v) is 3.06. The van der Waals surface area contributed by atoms with E-state index in [0.717, 1.165) is 17.6 Å². The summed E-state index contributed by atoms with van der Waals surface area (Å²) in [5.74, 6) is 0. The Morgan fingerprint density at radius 2 is 1.89 bits per heavy atom. The molecule has 100 valence electrons. The molecule has 0 saturated carbocycles. The Kier molecular flexibility index (Phi) is 4.02. The van der Waals surface area contributed by atoms with Crippen molar-refractivity contribution in [1.82, 2.24) is 0 Å². The average molecular weight is 311 g/mol. The highest BCUT2D eigenvalue weighted by Gasteiger charge is 2.26. The second kappa shape index (κ2) is 5.22. The smallest absolute Gasteiger partial charge is 0.0510 e. The first-order valence-electron chi connectivity index (χ1n) is 6.69. The molecule has 0 aliphatic carbocycles. The maximum Gasteiger partial charge on any atom is 0.0510 e. The molecule has 18 heavy (non-hydrogen) atoms. The highest BCUT2D eigenvalue weighted by Crippen LogP contribution is 2.35. The Morgan fingerprint density at radius 1 is 1.28 bits per heavy atom. The van der Waals surface area contributed by atoms with Crippen molar-refractivity contribution in [3.05, 3.63) is 28.2 Å². The number of nitrogens with two attached hydrogens (primary N) is 1. The van der Waals surface area contributed by atoms with Crippen molar-refractivity contribution in [2.24, 2.45) is 11.1 Å². The first kappa shape index (κ1) is 13.9. The van der Waals surface area contributed by atoms with Gasteiger partial charge in [-0.15, -0.1) is 0 Å². The van der Waals surface area contributed by atoms with Gasteiger partial charge in [0, 0.05) is 23.6 Å². The van der Waals surface area contributed by atoms with Gasteiger partial charge in [-0.2, -0.15) is 0 Å². The lowest BCUT2D eigenvalue weighted by Gasteiger charge is -2.38. The molecule has 1 atom stereocenters. The molecule has 3 heteroatoms. The molecular weight excluding hydrogens is 288 g/mol. The van der Waals surface area contributed by atoms with Crippen LogP contribution in [0.2, 0.25) is 0 Å². The molecule has 0 amide bonds. The van der Waals surface area contributed by atoms with E-state index in [-0.39, 0.29) is 6.04 Å². The number of halogens is 1. The third-order valence-corrected chi connectivity index (χ3v) is 4.59. The van der Waals surface area contributed by atoms with E-state index in [2.05, 4.69) is 52.9 Å². The van der Waals surface area contributed by atoms with Crippen LogP contribution in [0.1, 0.15) is 45.2 Å². The normalized spacial score (nSPS) is 20.8. The molecule has 2 N–H and O–H groups in total. The number of rotatable bonds is 2. The summed E-state index contributed by atoms with van der Waals surface area (Å²) in [4.78, 5) is 2.47. The van der Waals surface area contributed by atoms with E-state index >= 15 is 0 Å². The predicted octanol–water partition coefficient (Wildman–Crippen LogP) is 4.10. The van der Waals surface area contributed by atoms with Gasteiger partial charge < -0.3 is 10.6 Å². The van der Waals surface area contributed by atoms with Gasteiger partial charge in [-0.3, -0.25) is 0 Å². The predicted molar refractivity (Wildman–Crippen MR) is 82.0 cm³/mol. The summed E-state index contributed by atoms with van der Waals surface area (Å²) in [5, 5.41) is 0. The molecule has 1 aliphatic rings. The Labute approximate surface area is 119 Å². The second-order valence-corrected chi connectivity index (χ2v) is 7.01. The summed E-state index contributed by atoms with van der Waals surface area (Å²) in [7, 11) is 0. The fourth-order valence-electron chi connectivity index (χ4n) is 2.42. The van der Waals surface area contributed by atoms with Crippen molar-refractivity contribution in [2.75, 3.05) is 18.0 Å². The lowest BCUT2D eigenvalue weighted by Crippen LogP contribution is -2.37. The van der Waals surface area contributed by atoms with Crippen molar-refractivity contribution in [3.8, 4) is 0 Å². The molecule has 1 saturated heterocycles. The summed E-state index contributed by atoms with van der Waals surface area (Å²) < 4.78 is 1.16. The standard InChI is InChI=1S/C15H23BrN2/c1-11(17)12-4-5-14(13(16)10-12)18-8-6-15(2,3)7-9-18/h4-5,10-11H,6-9,17H2,1-3H3/t11-/m0/s1. The van der Waals surface area contributed by atoms with Crippen LogP contribution in [0.5, 0.6) is 0 Å². The van der Waals surface area contributed by atoms with Gasteiger partial charge >= 0.3 is 0 Å².